The summed E-state index contributed by atoms with van der Waals surface area (Å²) in [5.41, 5.74) is 8.56. The Kier molecular flexibility index (Phi) is 5.03. The second kappa shape index (κ2) is 7.26. The minimum absolute atomic E-state index is 0.0480. The fourth-order valence-corrected chi connectivity index (χ4v) is 3.15. The second-order valence-electron chi connectivity index (χ2n) is 7.19. The maximum Gasteiger partial charge on any atom is 0.270 e. The summed E-state index contributed by atoms with van der Waals surface area (Å²) in [6.07, 6.45) is -0.670. The number of carbonyl (C=O) groups excluding carboxylic acids is 2. The average Bonchev–Trinajstić information content (AvgIpc) is 2.56. The van der Waals surface area contributed by atoms with Crippen LogP contribution >= 0.6 is 0 Å². The third-order valence-corrected chi connectivity index (χ3v) is 4.29. The molecule has 1 aromatic heterocycles. The topological polar surface area (TPSA) is 97.5 Å². The molecule has 0 saturated carbocycles. The monoisotopic (exact) mass is 368 g/mol. The van der Waals surface area contributed by atoms with Crippen molar-refractivity contribution in [3.8, 4) is 5.75 Å². The summed E-state index contributed by atoms with van der Waals surface area (Å²) in [6.45, 7) is 7.55. The van der Waals surface area contributed by atoms with Gasteiger partial charge in [-0.1, -0.05) is 19.9 Å². The SMILES string of the molecule is Cc1cc(C)cc(NC(=O)CN2C(=O)C(C(C)C)Oc3ccc(N)nc32)c1. The maximum atomic E-state index is 12.9. The number of pyridine rings is 1. The number of aryl methyl sites for hydroxylation is 2. The molecule has 7 heteroatoms. The lowest BCUT2D eigenvalue weighted by molar-refractivity contribution is -0.129. The van der Waals surface area contributed by atoms with Crippen molar-refractivity contribution in [2.75, 3.05) is 22.5 Å². The number of aromatic nitrogens is 1. The van der Waals surface area contributed by atoms with Crippen LogP contribution in [0.15, 0.2) is 30.3 Å². The van der Waals surface area contributed by atoms with E-state index in [1.807, 2.05) is 45.9 Å². The number of ether oxygens (including phenoxy) is 1. The van der Waals surface area contributed by atoms with Gasteiger partial charge in [0.25, 0.3) is 5.91 Å². The van der Waals surface area contributed by atoms with E-state index in [1.54, 1.807) is 12.1 Å². The zero-order valence-electron chi connectivity index (χ0n) is 15.9. The van der Waals surface area contributed by atoms with E-state index in [0.717, 1.165) is 11.1 Å². The molecule has 0 fully saturated rings. The van der Waals surface area contributed by atoms with Crippen LogP contribution in [0.2, 0.25) is 0 Å². The van der Waals surface area contributed by atoms with Crippen molar-refractivity contribution in [1.82, 2.24) is 4.98 Å². The predicted molar refractivity (Wildman–Crippen MR) is 105 cm³/mol. The van der Waals surface area contributed by atoms with Gasteiger partial charge in [0.2, 0.25) is 5.91 Å². The molecule has 2 amide bonds. The quantitative estimate of drug-likeness (QED) is 0.865. The number of hydrogen-bond donors (Lipinski definition) is 2. The first-order valence-electron chi connectivity index (χ1n) is 8.87. The Morgan fingerprint density at radius 3 is 2.56 bits per heavy atom. The maximum absolute atomic E-state index is 12.9. The summed E-state index contributed by atoms with van der Waals surface area (Å²) in [4.78, 5) is 31.0. The molecule has 0 spiro atoms. The smallest absolute Gasteiger partial charge is 0.270 e. The number of nitrogens with zero attached hydrogens (tertiary/aromatic N) is 2. The number of nitrogen functional groups attached to an aromatic ring is 1. The molecule has 142 valence electrons. The van der Waals surface area contributed by atoms with Crippen LogP contribution in [0.3, 0.4) is 0 Å². The van der Waals surface area contributed by atoms with E-state index in [1.165, 1.54) is 4.90 Å². The molecule has 2 aromatic rings. The number of rotatable bonds is 4. The Bertz CT molecular complexity index is 875. The van der Waals surface area contributed by atoms with Crippen LogP contribution in [0, 0.1) is 19.8 Å². The minimum Gasteiger partial charge on any atom is -0.476 e. The Labute approximate surface area is 158 Å². The zero-order valence-corrected chi connectivity index (χ0v) is 15.9. The molecule has 1 atom stereocenters. The summed E-state index contributed by atoms with van der Waals surface area (Å²) in [5, 5.41) is 2.85. The van der Waals surface area contributed by atoms with Gasteiger partial charge in [0.15, 0.2) is 17.7 Å². The summed E-state index contributed by atoms with van der Waals surface area (Å²) < 4.78 is 5.78. The van der Waals surface area contributed by atoms with Crippen LogP contribution in [0.5, 0.6) is 5.75 Å². The minimum atomic E-state index is -0.670. The first kappa shape index (κ1) is 18.7. The van der Waals surface area contributed by atoms with Gasteiger partial charge in [-0.05, 0) is 55.2 Å². The van der Waals surface area contributed by atoms with E-state index in [-0.39, 0.29) is 35.9 Å². The summed E-state index contributed by atoms with van der Waals surface area (Å²) >= 11 is 0. The van der Waals surface area contributed by atoms with E-state index in [4.69, 9.17) is 10.5 Å². The normalized spacial score (nSPS) is 16.1. The number of benzene rings is 1. The Balaban J connectivity index is 1.86. The van der Waals surface area contributed by atoms with Gasteiger partial charge >= 0.3 is 0 Å². The van der Waals surface area contributed by atoms with Crippen molar-refractivity contribution in [2.24, 2.45) is 5.92 Å². The second-order valence-corrected chi connectivity index (χ2v) is 7.19. The highest BCUT2D eigenvalue weighted by atomic mass is 16.5. The molecule has 7 nitrogen and oxygen atoms in total. The van der Waals surface area contributed by atoms with Gasteiger partial charge in [-0.2, -0.15) is 0 Å². The van der Waals surface area contributed by atoms with E-state index in [0.29, 0.717) is 11.4 Å². The van der Waals surface area contributed by atoms with Crippen LogP contribution in [0.25, 0.3) is 0 Å². The highest BCUT2D eigenvalue weighted by molar-refractivity contribution is 6.05. The molecule has 1 aromatic carbocycles. The van der Waals surface area contributed by atoms with E-state index >= 15 is 0 Å². The molecule has 27 heavy (non-hydrogen) atoms. The van der Waals surface area contributed by atoms with Crippen molar-refractivity contribution < 1.29 is 14.3 Å². The third kappa shape index (κ3) is 4.02. The summed E-state index contributed by atoms with van der Waals surface area (Å²) in [6, 6.07) is 9.08. The molecule has 3 N–H and O–H groups in total. The largest absolute Gasteiger partial charge is 0.476 e. The Morgan fingerprint density at radius 1 is 1.26 bits per heavy atom. The molecule has 3 rings (SSSR count). The van der Waals surface area contributed by atoms with Crippen molar-refractivity contribution in [3.05, 3.63) is 41.5 Å². The molecule has 0 radical (unpaired) electrons. The van der Waals surface area contributed by atoms with Gasteiger partial charge in [0.05, 0.1) is 0 Å². The van der Waals surface area contributed by atoms with Crippen molar-refractivity contribution in [1.29, 1.82) is 0 Å². The standard InChI is InChI=1S/C20H24N4O3/c1-11(2)18-20(26)24(19-15(27-18)5-6-16(21)23-19)10-17(25)22-14-8-12(3)7-13(4)9-14/h5-9,11,18H,10H2,1-4H3,(H2,21,23)(H,22,25). The number of carbonyl (C=O) groups is 2. The molecule has 0 saturated heterocycles. The highest BCUT2D eigenvalue weighted by Crippen LogP contribution is 2.34. The van der Waals surface area contributed by atoms with Gasteiger partial charge in [-0.15, -0.1) is 0 Å². The lowest BCUT2D eigenvalue weighted by Gasteiger charge is -2.34. The van der Waals surface area contributed by atoms with Crippen molar-refractivity contribution in [3.63, 3.8) is 0 Å². The molecular formula is C20H24N4O3. The average molecular weight is 368 g/mol. The third-order valence-electron chi connectivity index (χ3n) is 4.29. The van der Waals surface area contributed by atoms with E-state index in [9.17, 15) is 9.59 Å². The van der Waals surface area contributed by atoms with Crippen LogP contribution in [0.1, 0.15) is 25.0 Å². The lowest BCUT2D eigenvalue weighted by Crippen LogP contribution is -2.51. The lowest BCUT2D eigenvalue weighted by atomic mass is 10.0. The van der Waals surface area contributed by atoms with E-state index < -0.39 is 6.10 Å². The highest BCUT2D eigenvalue weighted by Gasteiger charge is 2.38. The fourth-order valence-electron chi connectivity index (χ4n) is 3.15. The van der Waals surface area contributed by atoms with Gasteiger partial charge in [-0.3, -0.25) is 14.5 Å². The Hall–Kier alpha value is -3.09. The first-order valence-corrected chi connectivity index (χ1v) is 8.87. The Morgan fingerprint density at radius 2 is 1.93 bits per heavy atom. The number of hydrogen-bond acceptors (Lipinski definition) is 5. The molecular weight excluding hydrogens is 344 g/mol. The first-order chi connectivity index (χ1) is 12.7. The van der Waals surface area contributed by atoms with E-state index in [2.05, 4.69) is 10.3 Å². The van der Waals surface area contributed by atoms with Crippen LogP contribution in [-0.4, -0.2) is 29.4 Å². The van der Waals surface area contributed by atoms with Gasteiger partial charge in [0, 0.05) is 5.69 Å². The molecule has 1 aliphatic heterocycles. The molecule has 2 heterocycles. The van der Waals surface area contributed by atoms with Gasteiger partial charge in [-0.25, -0.2) is 4.98 Å². The van der Waals surface area contributed by atoms with Crippen LogP contribution in [0.4, 0.5) is 17.3 Å². The summed E-state index contributed by atoms with van der Waals surface area (Å²) in [7, 11) is 0. The number of fused-ring (bicyclic) bond motifs is 1. The van der Waals surface area contributed by atoms with Crippen molar-refractivity contribution >= 4 is 29.1 Å². The molecule has 0 aliphatic carbocycles. The van der Waals surface area contributed by atoms with Gasteiger partial charge < -0.3 is 15.8 Å². The number of anilines is 3. The number of nitrogens with one attached hydrogen (secondary N) is 1. The van der Waals surface area contributed by atoms with Crippen LogP contribution in [-0.2, 0) is 9.59 Å². The fraction of sp³-hybridized carbons (Fsp3) is 0.350. The predicted octanol–water partition coefficient (Wildman–Crippen LogP) is 2.67. The van der Waals surface area contributed by atoms with Crippen LogP contribution < -0.4 is 20.7 Å². The van der Waals surface area contributed by atoms with Crippen molar-refractivity contribution in [2.45, 2.75) is 33.8 Å². The number of nitrogens with two attached hydrogens (primary N) is 1. The molecule has 0 bridgehead atoms. The number of amides is 2. The zero-order chi connectivity index (χ0) is 19.7. The van der Waals surface area contributed by atoms with Gasteiger partial charge in [0.1, 0.15) is 12.4 Å². The molecule has 1 aliphatic rings. The molecule has 1 unspecified atom stereocenters. The summed E-state index contributed by atoms with van der Waals surface area (Å²) in [5.74, 6) is 0.314.